The highest BCUT2D eigenvalue weighted by Crippen LogP contribution is 2.25. The molecule has 0 aliphatic carbocycles. The number of rotatable bonds is 5. The Balaban J connectivity index is 1.47. The molecule has 1 aromatic heterocycles. The minimum absolute atomic E-state index is 0.0614. The molecule has 0 spiro atoms. The summed E-state index contributed by atoms with van der Waals surface area (Å²) in [6.45, 7) is 2.75. The fraction of sp³-hybridized carbons (Fsp3) is 0.429. The summed E-state index contributed by atoms with van der Waals surface area (Å²) in [5.74, 6) is 0.299. The van der Waals surface area contributed by atoms with Crippen LogP contribution >= 0.6 is 0 Å². The monoisotopic (exact) mass is 459 g/mol. The molecule has 170 valence electrons. The van der Waals surface area contributed by atoms with Gasteiger partial charge in [-0.1, -0.05) is 18.6 Å². The molecule has 11 heteroatoms. The molecule has 1 amide bonds. The maximum absolute atomic E-state index is 13.2. The Morgan fingerprint density at radius 3 is 2.25 bits per heavy atom. The van der Waals surface area contributed by atoms with Crippen molar-refractivity contribution >= 4 is 27.4 Å². The van der Waals surface area contributed by atoms with E-state index in [1.807, 2.05) is 4.90 Å². The molecule has 0 saturated carbocycles. The maximum Gasteiger partial charge on any atom is 0.287 e. The fourth-order valence-corrected chi connectivity index (χ4v) is 5.80. The highest BCUT2D eigenvalue weighted by atomic mass is 32.2. The zero-order chi connectivity index (χ0) is 22.7. The van der Waals surface area contributed by atoms with Gasteiger partial charge in [0.15, 0.2) is 0 Å². The molecule has 32 heavy (non-hydrogen) atoms. The van der Waals surface area contributed by atoms with E-state index < -0.39 is 14.9 Å². The number of nitro groups is 1. The van der Waals surface area contributed by atoms with E-state index >= 15 is 0 Å². The van der Waals surface area contributed by atoms with Gasteiger partial charge in [-0.25, -0.2) is 13.4 Å². The number of carbonyl (C=O) groups is 1. The summed E-state index contributed by atoms with van der Waals surface area (Å²) in [4.78, 5) is 31.4. The number of pyridine rings is 1. The summed E-state index contributed by atoms with van der Waals surface area (Å²) >= 11 is 0. The lowest BCUT2D eigenvalue weighted by molar-refractivity contribution is -0.385. The second-order valence-corrected chi connectivity index (χ2v) is 9.78. The highest BCUT2D eigenvalue weighted by Gasteiger charge is 2.32. The summed E-state index contributed by atoms with van der Waals surface area (Å²) in [6, 6.07) is 9.40. The van der Waals surface area contributed by atoms with E-state index in [0.717, 1.165) is 19.3 Å². The van der Waals surface area contributed by atoms with Crippen LogP contribution in [-0.4, -0.2) is 72.7 Å². The average Bonchev–Trinajstić information content (AvgIpc) is 2.84. The van der Waals surface area contributed by atoms with Gasteiger partial charge in [-0.2, -0.15) is 4.31 Å². The van der Waals surface area contributed by atoms with Crippen LogP contribution in [0.15, 0.2) is 47.5 Å². The van der Waals surface area contributed by atoms with Crippen molar-refractivity contribution in [1.82, 2.24) is 14.2 Å². The number of carbonyl (C=O) groups excluding carboxylic acids is 1. The van der Waals surface area contributed by atoms with Crippen LogP contribution in [0.1, 0.15) is 29.6 Å². The first-order valence-corrected chi connectivity index (χ1v) is 12.1. The van der Waals surface area contributed by atoms with Crippen LogP contribution in [0.4, 0.5) is 11.5 Å². The molecule has 2 saturated heterocycles. The standard InChI is InChI=1S/C21H25N5O5S/c27-21(18-6-2-3-7-19(18)32(30,31)25-10-4-1-5-11-25)24-14-12-23(13-15-24)20-9-8-17(16-22-20)26(28)29/h2-3,6-9,16H,1,4-5,10-15H2. The van der Waals surface area contributed by atoms with E-state index in [1.54, 1.807) is 29.2 Å². The van der Waals surface area contributed by atoms with E-state index in [4.69, 9.17) is 0 Å². The number of amides is 1. The first kappa shape index (κ1) is 22.2. The zero-order valence-electron chi connectivity index (χ0n) is 17.6. The molecular formula is C21H25N5O5S. The number of anilines is 1. The van der Waals surface area contributed by atoms with E-state index in [1.165, 1.54) is 22.6 Å². The Bertz CT molecular complexity index is 1090. The van der Waals surface area contributed by atoms with Crippen molar-refractivity contribution < 1.29 is 18.1 Å². The Kier molecular flexibility index (Phi) is 6.38. The maximum atomic E-state index is 13.2. The SMILES string of the molecule is O=C(c1ccccc1S(=O)(=O)N1CCCCC1)N1CCN(c2ccc([N+](=O)[O-])cn2)CC1. The minimum atomic E-state index is -3.73. The average molecular weight is 460 g/mol. The normalized spacial score (nSPS) is 17.9. The van der Waals surface area contributed by atoms with Gasteiger partial charge in [0.25, 0.3) is 11.6 Å². The number of hydrogen-bond donors (Lipinski definition) is 0. The smallest absolute Gasteiger partial charge is 0.287 e. The third kappa shape index (κ3) is 4.44. The topological polar surface area (TPSA) is 117 Å². The van der Waals surface area contributed by atoms with Gasteiger partial charge in [0, 0.05) is 45.3 Å². The van der Waals surface area contributed by atoms with Gasteiger partial charge in [-0.3, -0.25) is 14.9 Å². The van der Waals surface area contributed by atoms with Crippen molar-refractivity contribution in [3.8, 4) is 0 Å². The van der Waals surface area contributed by atoms with Crippen molar-refractivity contribution in [2.24, 2.45) is 0 Å². The van der Waals surface area contributed by atoms with Crippen molar-refractivity contribution in [3.05, 3.63) is 58.3 Å². The van der Waals surface area contributed by atoms with Gasteiger partial charge in [-0.05, 0) is 31.0 Å². The molecule has 2 aliphatic heterocycles. The molecule has 3 heterocycles. The minimum Gasteiger partial charge on any atom is -0.353 e. The number of aromatic nitrogens is 1. The lowest BCUT2D eigenvalue weighted by Gasteiger charge is -2.35. The fourth-order valence-electron chi connectivity index (χ4n) is 4.09. The molecule has 0 unspecified atom stereocenters. The molecule has 0 radical (unpaired) electrons. The molecule has 0 bridgehead atoms. The number of sulfonamides is 1. The van der Waals surface area contributed by atoms with E-state index in [-0.39, 0.29) is 22.1 Å². The van der Waals surface area contributed by atoms with Crippen LogP contribution in [0, 0.1) is 10.1 Å². The Morgan fingerprint density at radius 2 is 1.62 bits per heavy atom. The Labute approximate surface area is 186 Å². The van der Waals surface area contributed by atoms with Crippen LogP contribution in [0.2, 0.25) is 0 Å². The second kappa shape index (κ2) is 9.21. The first-order valence-electron chi connectivity index (χ1n) is 10.6. The molecular weight excluding hydrogens is 434 g/mol. The van der Waals surface area contributed by atoms with Gasteiger partial charge in [0.2, 0.25) is 10.0 Å². The molecule has 0 atom stereocenters. The number of piperidine rings is 1. The third-order valence-electron chi connectivity index (χ3n) is 5.88. The summed E-state index contributed by atoms with van der Waals surface area (Å²) in [5, 5.41) is 10.8. The van der Waals surface area contributed by atoms with Crippen LogP contribution < -0.4 is 4.90 Å². The first-order chi connectivity index (χ1) is 15.4. The molecule has 2 aliphatic rings. The number of hydrogen-bond acceptors (Lipinski definition) is 7. The zero-order valence-corrected chi connectivity index (χ0v) is 18.4. The van der Waals surface area contributed by atoms with E-state index in [0.29, 0.717) is 45.1 Å². The van der Waals surface area contributed by atoms with Crippen molar-refractivity contribution in [2.75, 3.05) is 44.2 Å². The van der Waals surface area contributed by atoms with Gasteiger partial charge in [-0.15, -0.1) is 0 Å². The van der Waals surface area contributed by atoms with Crippen molar-refractivity contribution in [3.63, 3.8) is 0 Å². The number of benzene rings is 1. The molecule has 0 N–H and O–H groups in total. The van der Waals surface area contributed by atoms with Crippen LogP contribution in [0.5, 0.6) is 0 Å². The van der Waals surface area contributed by atoms with Gasteiger partial charge in [0.1, 0.15) is 12.0 Å². The van der Waals surface area contributed by atoms with Gasteiger partial charge >= 0.3 is 0 Å². The lowest BCUT2D eigenvalue weighted by atomic mass is 10.1. The third-order valence-corrected chi connectivity index (χ3v) is 7.84. The van der Waals surface area contributed by atoms with E-state index in [9.17, 15) is 23.3 Å². The van der Waals surface area contributed by atoms with Gasteiger partial charge < -0.3 is 9.80 Å². The summed E-state index contributed by atoms with van der Waals surface area (Å²) in [6.07, 6.45) is 3.89. The molecule has 2 aromatic rings. The second-order valence-electron chi connectivity index (χ2n) is 7.87. The highest BCUT2D eigenvalue weighted by molar-refractivity contribution is 7.89. The number of nitrogens with zero attached hydrogens (tertiary/aromatic N) is 5. The van der Waals surface area contributed by atoms with Gasteiger partial charge in [0.05, 0.1) is 15.4 Å². The van der Waals surface area contributed by atoms with E-state index in [2.05, 4.69) is 4.98 Å². The molecule has 1 aromatic carbocycles. The molecule has 4 rings (SSSR count). The molecule has 10 nitrogen and oxygen atoms in total. The Morgan fingerprint density at radius 1 is 0.938 bits per heavy atom. The quantitative estimate of drug-likeness (QED) is 0.497. The predicted octanol–water partition coefficient (Wildman–Crippen LogP) is 2.13. The number of piperazine rings is 1. The summed E-state index contributed by atoms with van der Waals surface area (Å²) in [5.41, 5.74) is 0.120. The van der Waals surface area contributed by atoms with Crippen molar-refractivity contribution in [1.29, 1.82) is 0 Å². The Hall–Kier alpha value is -3.05. The van der Waals surface area contributed by atoms with Crippen molar-refractivity contribution in [2.45, 2.75) is 24.2 Å². The largest absolute Gasteiger partial charge is 0.353 e. The lowest BCUT2D eigenvalue weighted by Crippen LogP contribution is -2.49. The van der Waals surface area contributed by atoms with Crippen LogP contribution in [0.25, 0.3) is 0 Å². The van der Waals surface area contributed by atoms with Crippen LogP contribution in [0.3, 0.4) is 0 Å². The summed E-state index contributed by atoms with van der Waals surface area (Å²) < 4.78 is 27.9. The van der Waals surface area contributed by atoms with Crippen LogP contribution in [-0.2, 0) is 10.0 Å². The summed E-state index contributed by atoms with van der Waals surface area (Å²) in [7, 11) is -3.73. The predicted molar refractivity (Wildman–Crippen MR) is 118 cm³/mol. The molecule has 2 fully saturated rings.